The van der Waals surface area contributed by atoms with Gasteiger partial charge in [-0.25, -0.2) is 4.79 Å². The largest absolute Gasteiger partial charge is 0.492 e. The molecule has 114 valence electrons. The van der Waals surface area contributed by atoms with E-state index >= 15 is 0 Å². The molecule has 0 spiro atoms. The maximum atomic E-state index is 11.8. The third-order valence-corrected chi connectivity index (χ3v) is 3.67. The molecule has 0 heterocycles. The highest BCUT2D eigenvalue weighted by molar-refractivity contribution is 5.90. The van der Waals surface area contributed by atoms with Crippen LogP contribution in [0.25, 0.3) is 0 Å². The number of amides is 1. The fourth-order valence-electron chi connectivity index (χ4n) is 2.57. The number of carbonyl (C=O) groups excluding carboxylic acids is 1. The summed E-state index contributed by atoms with van der Waals surface area (Å²) in [5, 5.41) is 12.0. The van der Waals surface area contributed by atoms with Crippen LogP contribution in [0.3, 0.4) is 0 Å². The fraction of sp³-hybridized carbons (Fsp3) is 0.500. The van der Waals surface area contributed by atoms with Crippen LogP contribution in [0.1, 0.15) is 48.9 Å². The molecule has 0 atom stereocenters. The Kier molecular flexibility index (Phi) is 5.60. The molecule has 0 saturated heterocycles. The molecule has 21 heavy (non-hydrogen) atoms. The van der Waals surface area contributed by atoms with Gasteiger partial charge in [-0.1, -0.05) is 31.4 Å². The lowest BCUT2D eigenvalue weighted by Gasteiger charge is -2.22. The second kappa shape index (κ2) is 7.67. The van der Waals surface area contributed by atoms with E-state index in [2.05, 4.69) is 5.32 Å². The number of ether oxygens (including phenoxy) is 1. The monoisotopic (exact) mass is 291 g/mol. The quantitative estimate of drug-likeness (QED) is 0.844. The van der Waals surface area contributed by atoms with Crippen molar-refractivity contribution in [2.24, 2.45) is 0 Å². The van der Waals surface area contributed by atoms with Gasteiger partial charge >= 0.3 is 5.97 Å². The van der Waals surface area contributed by atoms with Gasteiger partial charge in [0, 0.05) is 6.04 Å². The molecule has 2 rings (SSSR count). The summed E-state index contributed by atoms with van der Waals surface area (Å²) in [5.41, 5.74) is 0.116. The van der Waals surface area contributed by atoms with Crippen LogP contribution in [0.2, 0.25) is 0 Å². The van der Waals surface area contributed by atoms with Crippen molar-refractivity contribution in [1.29, 1.82) is 0 Å². The minimum absolute atomic E-state index is 0.0327. The summed E-state index contributed by atoms with van der Waals surface area (Å²) < 4.78 is 5.42. The van der Waals surface area contributed by atoms with Gasteiger partial charge in [0.05, 0.1) is 13.0 Å². The van der Waals surface area contributed by atoms with Crippen LogP contribution < -0.4 is 10.1 Å². The molecule has 0 unspecified atom stereocenters. The number of rotatable bonds is 6. The summed E-state index contributed by atoms with van der Waals surface area (Å²) in [7, 11) is 0. The first kappa shape index (κ1) is 15.4. The van der Waals surface area contributed by atoms with Crippen LogP contribution in [-0.4, -0.2) is 29.6 Å². The molecule has 2 N–H and O–H groups in total. The molecule has 1 saturated carbocycles. The number of hydrogen-bond acceptors (Lipinski definition) is 3. The Labute approximate surface area is 124 Å². The maximum Gasteiger partial charge on any atom is 0.339 e. The minimum atomic E-state index is -1.03. The van der Waals surface area contributed by atoms with Gasteiger partial charge in [-0.05, 0) is 25.0 Å². The molecule has 1 amide bonds. The summed E-state index contributed by atoms with van der Waals surface area (Å²) in [6.45, 7) is 0.183. The van der Waals surface area contributed by atoms with Crippen molar-refractivity contribution in [3.05, 3.63) is 29.8 Å². The van der Waals surface area contributed by atoms with Gasteiger partial charge in [-0.15, -0.1) is 0 Å². The van der Waals surface area contributed by atoms with Gasteiger partial charge in [0.1, 0.15) is 11.3 Å². The Morgan fingerprint density at radius 1 is 1.19 bits per heavy atom. The fourth-order valence-corrected chi connectivity index (χ4v) is 2.57. The smallest absolute Gasteiger partial charge is 0.339 e. The third kappa shape index (κ3) is 4.77. The van der Waals surface area contributed by atoms with Gasteiger partial charge in [-0.2, -0.15) is 0 Å². The summed E-state index contributed by atoms with van der Waals surface area (Å²) in [5.74, 6) is -0.762. The van der Waals surface area contributed by atoms with Crippen LogP contribution in [0.5, 0.6) is 5.75 Å². The standard InChI is InChI=1S/C16H21NO4/c18-15(17-12-6-2-1-3-7-12)10-11-21-14-9-5-4-8-13(14)16(19)20/h4-5,8-9,12H,1-3,6-7,10-11H2,(H,17,18)(H,19,20). The van der Waals surface area contributed by atoms with E-state index < -0.39 is 5.97 Å². The van der Waals surface area contributed by atoms with Gasteiger partial charge in [0.2, 0.25) is 5.91 Å². The number of carboxylic acids is 1. The molecular weight excluding hydrogens is 270 g/mol. The molecule has 0 aliphatic heterocycles. The molecule has 0 radical (unpaired) electrons. The second-order valence-electron chi connectivity index (χ2n) is 5.30. The number of para-hydroxylation sites is 1. The second-order valence-corrected chi connectivity index (χ2v) is 5.30. The van der Waals surface area contributed by atoms with E-state index in [9.17, 15) is 9.59 Å². The van der Waals surface area contributed by atoms with Crippen molar-refractivity contribution in [3.8, 4) is 5.75 Å². The van der Waals surface area contributed by atoms with E-state index in [1.807, 2.05) is 0 Å². The van der Waals surface area contributed by atoms with E-state index in [-0.39, 0.29) is 30.5 Å². The SMILES string of the molecule is O=C(CCOc1ccccc1C(=O)O)NC1CCCCC1. The van der Waals surface area contributed by atoms with Crippen LogP contribution in [0, 0.1) is 0 Å². The highest BCUT2D eigenvalue weighted by atomic mass is 16.5. The minimum Gasteiger partial charge on any atom is -0.492 e. The molecule has 0 bridgehead atoms. The Morgan fingerprint density at radius 2 is 1.90 bits per heavy atom. The molecule has 0 aromatic heterocycles. The molecule has 1 aromatic rings. The van der Waals surface area contributed by atoms with Crippen LogP contribution in [0.4, 0.5) is 0 Å². The lowest BCUT2D eigenvalue weighted by Crippen LogP contribution is -2.36. The zero-order chi connectivity index (χ0) is 15.1. The Hall–Kier alpha value is -2.04. The predicted molar refractivity (Wildman–Crippen MR) is 78.5 cm³/mol. The highest BCUT2D eigenvalue weighted by Crippen LogP contribution is 2.19. The van der Waals surface area contributed by atoms with Crippen LogP contribution in [0.15, 0.2) is 24.3 Å². The molecular formula is C16H21NO4. The van der Waals surface area contributed by atoms with Crippen molar-refractivity contribution in [2.75, 3.05) is 6.61 Å². The van der Waals surface area contributed by atoms with E-state index in [4.69, 9.17) is 9.84 Å². The Bertz CT molecular complexity index is 495. The predicted octanol–water partition coefficient (Wildman–Crippen LogP) is 2.60. The highest BCUT2D eigenvalue weighted by Gasteiger charge is 2.16. The van der Waals surface area contributed by atoms with E-state index in [1.54, 1.807) is 18.2 Å². The molecule has 1 aromatic carbocycles. The van der Waals surface area contributed by atoms with Crippen molar-refractivity contribution in [2.45, 2.75) is 44.6 Å². The zero-order valence-corrected chi connectivity index (χ0v) is 12.0. The first-order valence-corrected chi connectivity index (χ1v) is 7.41. The van der Waals surface area contributed by atoms with Gasteiger partial charge < -0.3 is 15.2 Å². The number of carboxylic acid groups (broad SMARTS) is 1. The summed E-state index contributed by atoms with van der Waals surface area (Å²) in [4.78, 5) is 22.8. The maximum absolute atomic E-state index is 11.8. The summed E-state index contributed by atoms with van der Waals surface area (Å²) >= 11 is 0. The lowest BCUT2D eigenvalue weighted by molar-refractivity contribution is -0.122. The van der Waals surface area contributed by atoms with E-state index in [1.165, 1.54) is 25.3 Å². The van der Waals surface area contributed by atoms with Crippen molar-refractivity contribution in [3.63, 3.8) is 0 Å². The topological polar surface area (TPSA) is 75.6 Å². The average molecular weight is 291 g/mol. The number of aromatic carboxylic acids is 1. The van der Waals surface area contributed by atoms with Gasteiger partial charge in [0.15, 0.2) is 0 Å². The van der Waals surface area contributed by atoms with Gasteiger partial charge in [-0.3, -0.25) is 4.79 Å². The number of hydrogen-bond donors (Lipinski definition) is 2. The van der Waals surface area contributed by atoms with Crippen molar-refractivity contribution in [1.82, 2.24) is 5.32 Å². The Morgan fingerprint density at radius 3 is 2.62 bits per heavy atom. The first-order valence-electron chi connectivity index (χ1n) is 7.41. The summed E-state index contributed by atoms with van der Waals surface area (Å²) in [6.07, 6.45) is 5.94. The molecule has 1 aliphatic rings. The van der Waals surface area contributed by atoms with Crippen molar-refractivity contribution < 1.29 is 19.4 Å². The summed E-state index contributed by atoms with van der Waals surface area (Å²) in [6, 6.07) is 6.73. The molecule has 5 heteroatoms. The molecule has 5 nitrogen and oxygen atoms in total. The number of carbonyl (C=O) groups is 2. The van der Waals surface area contributed by atoms with Crippen LogP contribution in [-0.2, 0) is 4.79 Å². The number of nitrogens with one attached hydrogen (secondary N) is 1. The van der Waals surface area contributed by atoms with E-state index in [0.29, 0.717) is 5.75 Å². The lowest BCUT2D eigenvalue weighted by atomic mass is 9.95. The Balaban J connectivity index is 1.76. The van der Waals surface area contributed by atoms with E-state index in [0.717, 1.165) is 12.8 Å². The zero-order valence-electron chi connectivity index (χ0n) is 12.0. The first-order chi connectivity index (χ1) is 10.2. The number of benzene rings is 1. The van der Waals surface area contributed by atoms with Crippen LogP contribution >= 0.6 is 0 Å². The average Bonchev–Trinajstić information content (AvgIpc) is 2.48. The third-order valence-electron chi connectivity index (χ3n) is 3.67. The normalized spacial score (nSPS) is 15.4. The molecule has 1 aliphatic carbocycles. The van der Waals surface area contributed by atoms with Crippen molar-refractivity contribution >= 4 is 11.9 Å². The molecule has 1 fully saturated rings. The van der Waals surface area contributed by atoms with Gasteiger partial charge in [0.25, 0.3) is 0 Å².